The van der Waals surface area contributed by atoms with E-state index >= 15 is 0 Å². The van der Waals surface area contributed by atoms with Crippen LogP contribution < -0.4 is 0 Å². The molecule has 0 aromatic heterocycles. The molecule has 2 atom stereocenters. The molecule has 0 saturated heterocycles. The summed E-state index contributed by atoms with van der Waals surface area (Å²) >= 11 is 0. The van der Waals surface area contributed by atoms with Gasteiger partial charge in [0, 0.05) is 5.92 Å². The van der Waals surface area contributed by atoms with Gasteiger partial charge < -0.3 is 4.74 Å². The Morgan fingerprint density at radius 3 is 2.92 bits per heavy atom. The predicted molar refractivity (Wildman–Crippen MR) is 46.7 cm³/mol. The molecule has 1 unspecified atom stereocenters. The van der Waals surface area contributed by atoms with Crippen molar-refractivity contribution in [3.63, 3.8) is 0 Å². The largest absolute Gasteiger partial charge is 0.469 e. The van der Waals surface area contributed by atoms with E-state index in [1.807, 2.05) is 0 Å². The number of carbonyl (C=O) groups is 2. The second-order valence-electron chi connectivity index (χ2n) is 3.14. The quantitative estimate of drug-likeness (QED) is 0.340. The monoisotopic (exact) mass is 180 g/mol. The maximum absolute atomic E-state index is 11.1. The van der Waals surface area contributed by atoms with Crippen LogP contribution in [0.3, 0.4) is 0 Å². The van der Waals surface area contributed by atoms with Gasteiger partial charge in [-0.2, -0.15) is 0 Å². The van der Waals surface area contributed by atoms with Gasteiger partial charge in [-0.05, 0) is 25.2 Å². The Morgan fingerprint density at radius 1 is 1.54 bits per heavy atom. The van der Waals surface area contributed by atoms with Crippen molar-refractivity contribution in [3.8, 4) is 11.8 Å². The van der Waals surface area contributed by atoms with Crippen LogP contribution in [0.5, 0.6) is 0 Å². The fourth-order valence-electron chi connectivity index (χ4n) is 1.65. The first-order chi connectivity index (χ1) is 6.27. The maximum Gasteiger partial charge on any atom is 0.308 e. The van der Waals surface area contributed by atoms with Crippen molar-refractivity contribution < 1.29 is 14.3 Å². The smallest absolute Gasteiger partial charge is 0.308 e. The lowest BCUT2D eigenvalue weighted by Gasteiger charge is -2.04. The second kappa shape index (κ2) is 4.66. The topological polar surface area (TPSA) is 43.4 Å². The van der Waals surface area contributed by atoms with E-state index in [4.69, 9.17) is 0 Å². The molecule has 1 fully saturated rings. The third-order valence-corrected chi connectivity index (χ3v) is 2.31. The first kappa shape index (κ1) is 9.79. The number of rotatable bonds is 1. The Labute approximate surface area is 77.5 Å². The van der Waals surface area contributed by atoms with Gasteiger partial charge in [-0.3, -0.25) is 9.59 Å². The molecule has 1 rings (SSSR count). The first-order valence-electron chi connectivity index (χ1n) is 4.30. The number of esters is 1. The Hall–Kier alpha value is -1.30. The Morgan fingerprint density at radius 2 is 2.31 bits per heavy atom. The molecule has 0 radical (unpaired) electrons. The number of carbonyl (C=O) groups excluding carboxylic acids is 2. The van der Waals surface area contributed by atoms with Gasteiger partial charge in [-0.1, -0.05) is 5.92 Å². The molecule has 0 amide bonds. The standard InChI is InChI=1S/C10H12O3/c1-13-10(12)9-5-4-8(7-9)3-2-6-11/h6,8-9H,4-5,7H2,1H3/t8-,9?/m0/s1. The lowest BCUT2D eigenvalue weighted by atomic mass is 10.1. The van der Waals surface area contributed by atoms with E-state index in [1.54, 1.807) is 0 Å². The van der Waals surface area contributed by atoms with Crippen molar-refractivity contribution in [2.45, 2.75) is 19.3 Å². The van der Waals surface area contributed by atoms with Crippen molar-refractivity contribution in [2.75, 3.05) is 7.11 Å². The van der Waals surface area contributed by atoms with E-state index in [1.165, 1.54) is 7.11 Å². The van der Waals surface area contributed by atoms with Crippen LogP contribution in [0.25, 0.3) is 0 Å². The molecular weight excluding hydrogens is 168 g/mol. The summed E-state index contributed by atoms with van der Waals surface area (Å²) in [6.45, 7) is 0. The van der Waals surface area contributed by atoms with E-state index < -0.39 is 0 Å². The van der Waals surface area contributed by atoms with Gasteiger partial charge in [0.25, 0.3) is 0 Å². The van der Waals surface area contributed by atoms with Crippen molar-refractivity contribution >= 4 is 12.3 Å². The zero-order chi connectivity index (χ0) is 9.68. The highest BCUT2D eigenvalue weighted by molar-refractivity contribution is 5.74. The summed E-state index contributed by atoms with van der Waals surface area (Å²) in [4.78, 5) is 21.1. The van der Waals surface area contributed by atoms with Crippen LogP contribution in [-0.4, -0.2) is 19.4 Å². The number of hydrogen-bond donors (Lipinski definition) is 0. The summed E-state index contributed by atoms with van der Waals surface area (Å²) in [6.07, 6.45) is 3.03. The molecule has 0 aliphatic heterocycles. The lowest BCUT2D eigenvalue weighted by Crippen LogP contribution is -2.12. The maximum atomic E-state index is 11.1. The molecule has 1 saturated carbocycles. The summed E-state index contributed by atoms with van der Waals surface area (Å²) in [5.74, 6) is 5.21. The normalized spacial score (nSPS) is 25.9. The third-order valence-electron chi connectivity index (χ3n) is 2.31. The van der Waals surface area contributed by atoms with Crippen molar-refractivity contribution in [3.05, 3.63) is 0 Å². The predicted octanol–water partition coefficient (Wildman–Crippen LogP) is 0.778. The molecule has 0 bridgehead atoms. The molecule has 0 aromatic carbocycles. The van der Waals surface area contributed by atoms with Crippen molar-refractivity contribution in [1.82, 2.24) is 0 Å². The molecule has 13 heavy (non-hydrogen) atoms. The van der Waals surface area contributed by atoms with Gasteiger partial charge in [0.1, 0.15) is 0 Å². The van der Waals surface area contributed by atoms with Crippen molar-refractivity contribution in [2.24, 2.45) is 11.8 Å². The molecule has 3 nitrogen and oxygen atoms in total. The minimum atomic E-state index is -0.157. The molecular formula is C10H12O3. The summed E-state index contributed by atoms with van der Waals surface area (Å²) in [5.41, 5.74) is 0. The molecule has 70 valence electrons. The van der Waals surface area contributed by atoms with Crippen LogP contribution in [0.15, 0.2) is 0 Å². The van der Waals surface area contributed by atoms with Gasteiger partial charge in [-0.25, -0.2) is 0 Å². The average Bonchev–Trinajstić information content (AvgIpc) is 2.62. The highest BCUT2D eigenvalue weighted by atomic mass is 16.5. The summed E-state index contributed by atoms with van der Waals surface area (Å²) in [6, 6.07) is 0. The van der Waals surface area contributed by atoms with E-state index in [9.17, 15) is 9.59 Å². The van der Waals surface area contributed by atoms with Crippen LogP contribution in [0.1, 0.15) is 19.3 Å². The van der Waals surface area contributed by atoms with Crippen molar-refractivity contribution in [1.29, 1.82) is 0 Å². The zero-order valence-electron chi connectivity index (χ0n) is 7.58. The summed E-state index contributed by atoms with van der Waals surface area (Å²) < 4.78 is 4.63. The first-order valence-corrected chi connectivity index (χ1v) is 4.30. The van der Waals surface area contributed by atoms with E-state index in [2.05, 4.69) is 16.6 Å². The fourth-order valence-corrected chi connectivity index (χ4v) is 1.65. The molecule has 1 aliphatic carbocycles. The van der Waals surface area contributed by atoms with Gasteiger partial charge in [-0.15, -0.1) is 0 Å². The van der Waals surface area contributed by atoms with Gasteiger partial charge in [0.05, 0.1) is 13.0 Å². The number of ether oxygens (including phenoxy) is 1. The molecule has 0 heterocycles. The van der Waals surface area contributed by atoms with E-state index in [0.29, 0.717) is 6.29 Å². The van der Waals surface area contributed by atoms with E-state index in [0.717, 1.165) is 19.3 Å². The SMILES string of the molecule is COC(=O)C1CC[C@H](C#CC=O)C1. The average molecular weight is 180 g/mol. The Kier molecular flexibility index (Phi) is 3.51. The highest BCUT2D eigenvalue weighted by Crippen LogP contribution is 2.30. The zero-order valence-corrected chi connectivity index (χ0v) is 7.58. The molecule has 3 heteroatoms. The summed E-state index contributed by atoms with van der Waals surface area (Å²) in [7, 11) is 1.40. The van der Waals surface area contributed by atoms with E-state index in [-0.39, 0.29) is 17.8 Å². The molecule has 0 N–H and O–H groups in total. The number of aldehydes is 1. The van der Waals surface area contributed by atoms with Gasteiger partial charge in [0.15, 0.2) is 6.29 Å². The minimum Gasteiger partial charge on any atom is -0.469 e. The van der Waals surface area contributed by atoms with Crippen LogP contribution >= 0.6 is 0 Å². The molecule has 0 spiro atoms. The Balaban J connectivity index is 2.44. The molecule has 0 aromatic rings. The molecule has 1 aliphatic rings. The third kappa shape index (κ3) is 2.59. The number of hydrogen-bond acceptors (Lipinski definition) is 3. The van der Waals surface area contributed by atoms with Gasteiger partial charge >= 0.3 is 5.97 Å². The second-order valence-corrected chi connectivity index (χ2v) is 3.14. The highest BCUT2D eigenvalue weighted by Gasteiger charge is 2.29. The minimum absolute atomic E-state index is 0.0176. The van der Waals surface area contributed by atoms with Crippen LogP contribution in [0, 0.1) is 23.7 Å². The number of methoxy groups -OCH3 is 1. The Bertz CT molecular complexity index is 259. The van der Waals surface area contributed by atoms with Crippen LogP contribution in [0.4, 0.5) is 0 Å². The lowest BCUT2D eigenvalue weighted by molar-refractivity contribution is -0.145. The fraction of sp³-hybridized carbons (Fsp3) is 0.600. The summed E-state index contributed by atoms with van der Waals surface area (Å²) in [5, 5.41) is 0. The van der Waals surface area contributed by atoms with Gasteiger partial charge in [0.2, 0.25) is 0 Å². The van der Waals surface area contributed by atoms with Crippen LogP contribution in [-0.2, 0) is 14.3 Å². The van der Waals surface area contributed by atoms with Crippen LogP contribution in [0.2, 0.25) is 0 Å².